The third-order valence-corrected chi connectivity index (χ3v) is 5.58. The molecule has 2 rings (SSSR count). The highest BCUT2D eigenvalue weighted by Gasteiger charge is 2.40. The van der Waals surface area contributed by atoms with E-state index in [4.69, 9.17) is 0 Å². The minimum atomic E-state index is -5.02. The van der Waals surface area contributed by atoms with E-state index in [-0.39, 0.29) is 37.6 Å². The number of nitrogens with one attached hydrogen (secondary N) is 2. The normalized spacial score (nSPS) is 23.2. The molecule has 0 bridgehead atoms. The van der Waals surface area contributed by atoms with Crippen LogP contribution in [0, 0.1) is 11.8 Å². The Bertz CT molecular complexity index is 715. The number of likely N-dealkylation sites (tertiary alicyclic amines) is 1. The molecule has 2 saturated heterocycles. The molecule has 0 spiro atoms. The van der Waals surface area contributed by atoms with Gasteiger partial charge in [-0.2, -0.15) is 0 Å². The summed E-state index contributed by atoms with van der Waals surface area (Å²) in [5, 5.41) is 15.1. The first-order valence-corrected chi connectivity index (χ1v) is 10.7. The van der Waals surface area contributed by atoms with Gasteiger partial charge in [0.25, 0.3) is 5.91 Å². The maximum Gasteiger partial charge on any atom is 0.522 e. The summed E-state index contributed by atoms with van der Waals surface area (Å²) < 4.78 is 40.7. The van der Waals surface area contributed by atoms with Crippen LogP contribution in [0.5, 0.6) is 0 Å². The van der Waals surface area contributed by atoms with Crippen molar-refractivity contribution in [1.29, 1.82) is 0 Å². The monoisotopic (exact) mass is 465 g/mol. The molecule has 0 aromatic heterocycles. The van der Waals surface area contributed by atoms with E-state index in [9.17, 15) is 37.5 Å². The van der Waals surface area contributed by atoms with Crippen molar-refractivity contribution in [3.63, 3.8) is 0 Å². The van der Waals surface area contributed by atoms with E-state index >= 15 is 0 Å². The second-order valence-corrected chi connectivity index (χ2v) is 8.61. The van der Waals surface area contributed by atoms with Crippen molar-refractivity contribution in [3.05, 3.63) is 0 Å². The van der Waals surface area contributed by atoms with Crippen LogP contribution in [0.3, 0.4) is 0 Å². The van der Waals surface area contributed by atoms with E-state index in [1.54, 1.807) is 0 Å². The number of aliphatic hydroxyl groups is 1. The van der Waals surface area contributed by atoms with Gasteiger partial charge >= 0.3 is 6.36 Å². The van der Waals surface area contributed by atoms with E-state index in [0.29, 0.717) is 19.4 Å². The van der Waals surface area contributed by atoms with Gasteiger partial charge in [0, 0.05) is 19.0 Å². The molecule has 2 heterocycles. The number of alkyl halides is 3. The van der Waals surface area contributed by atoms with Gasteiger partial charge in [0.05, 0.1) is 6.04 Å². The number of amides is 3. The fraction of sp³-hybridized carbons (Fsp3) is 0.800. The number of nitrogens with zero attached hydrogens (tertiary/aromatic N) is 1. The Morgan fingerprint density at radius 3 is 2.53 bits per heavy atom. The Morgan fingerprint density at radius 2 is 1.97 bits per heavy atom. The SMILES string of the molecule is CC(C)C[C@@H](O)C(=O)N1CCC[C@H]1C(=O)N[C@@H](C[C@@H]1CCNC1=O)C(=O)COC(F)(F)F. The van der Waals surface area contributed by atoms with E-state index < -0.39 is 54.7 Å². The molecule has 2 fully saturated rings. The zero-order valence-corrected chi connectivity index (χ0v) is 18.1. The molecule has 3 N–H and O–H groups in total. The molecule has 0 saturated carbocycles. The topological polar surface area (TPSA) is 125 Å². The number of ketones is 1. The molecule has 12 heteroatoms. The highest BCUT2D eigenvalue weighted by atomic mass is 19.4. The highest BCUT2D eigenvalue weighted by molar-refractivity contribution is 5.94. The minimum Gasteiger partial charge on any atom is -0.383 e. The van der Waals surface area contributed by atoms with Crippen LogP contribution in [0.4, 0.5) is 13.2 Å². The molecule has 0 radical (unpaired) electrons. The first-order valence-electron chi connectivity index (χ1n) is 10.7. The fourth-order valence-corrected chi connectivity index (χ4v) is 3.99. The Kier molecular flexibility index (Phi) is 9.02. The maximum absolute atomic E-state index is 12.9. The molecule has 0 aromatic rings. The molecule has 2 aliphatic rings. The summed E-state index contributed by atoms with van der Waals surface area (Å²) >= 11 is 0. The van der Waals surface area contributed by atoms with Crippen molar-refractivity contribution < 1.29 is 42.2 Å². The van der Waals surface area contributed by atoms with Crippen molar-refractivity contribution in [3.8, 4) is 0 Å². The summed E-state index contributed by atoms with van der Waals surface area (Å²) in [7, 11) is 0. The number of rotatable bonds is 10. The second kappa shape index (κ2) is 11.1. The number of Topliss-reactive ketones (excluding diaryl/α,β-unsaturated/α-hetero) is 1. The summed E-state index contributed by atoms with van der Waals surface area (Å²) in [5.41, 5.74) is 0. The Labute approximate surface area is 184 Å². The van der Waals surface area contributed by atoms with E-state index in [1.807, 2.05) is 13.8 Å². The summed E-state index contributed by atoms with van der Waals surface area (Å²) in [5.74, 6) is -3.26. The number of hydrogen-bond donors (Lipinski definition) is 3. The summed E-state index contributed by atoms with van der Waals surface area (Å²) in [4.78, 5) is 50.9. The van der Waals surface area contributed by atoms with Gasteiger partial charge in [0.1, 0.15) is 18.8 Å². The molecule has 32 heavy (non-hydrogen) atoms. The highest BCUT2D eigenvalue weighted by Crippen LogP contribution is 2.23. The van der Waals surface area contributed by atoms with Gasteiger partial charge in [0.2, 0.25) is 11.8 Å². The van der Waals surface area contributed by atoms with Gasteiger partial charge < -0.3 is 20.6 Å². The Morgan fingerprint density at radius 1 is 1.28 bits per heavy atom. The number of ether oxygens (including phenoxy) is 1. The van der Waals surface area contributed by atoms with Crippen LogP contribution in [0.2, 0.25) is 0 Å². The average molecular weight is 465 g/mol. The maximum atomic E-state index is 12.9. The van der Waals surface area contributed by atoms with Gasteiger partial charge in [-0.3, -0.25) is 23.9 Å². The standard InChI is InChI=1S/C20H30F3N3O6/c1-11(2)8-15(27)19(31)26-7-3-4-14(26)18(30)25-13(9-12-5-6-24-17(12)29)16(28)10-32-20(21,22)23/h11-15,27H,3-10H2,1-2H3,(H,24,29)(H,25,30)/t12-,13-,14-,15+/m0/s1. The molecule has 0 unspecified atom stereocenters. The van der Waals surface area contributed by atoms with E-state index in [0.717, 1.165) is 0 Å². The van der Waals surface area contributed by atoms with Crippen LogP contribution in [0.1, 0.15) is 46.0 Å². The summed E-state index contributed by atoms with van der Waals surface area (Å²) in [6.07, 6.45) is -5.08. The van der Waals surface area contributed by atoms with Crippen LogP contribution in [-0.2, 0) is 23.9 Å². The largest absolute Gasteiger partial charge is 0.522 e. The Hall–Kier alpha value is -2.21. The lowest BCUT2D eigenvalue weighted by atomic mass is 9.95. The molecule has 0 aliphatic carbocycles. The lowest BCUT2D eigenvalue weighted by Gasteiger charge is -2.28. The lowest BCUT2D eigenvalue weighted by molar-refractivity contribution is -0.321. The van der Waals surface area contributed by atoms with E-state index in [2.05, 4.69) is 15.4 Å². The van der Waals surface area contributed by atoms with Gasteiger partial charge in [-0.05, 0) is 38.0 Å². The van der Waals surface area contributed by atoms with Crippen LogP contribution in [0.15, 0.2) is 0 Å². The van der Waals surface area contributed by atoms with Crippen molar-refractivity contribution in [2.45, 2.75) is 70.5 Å². The number of aliphatic hydroxyl groups excluding tert-OH is 1. The molecule has 0 aromatic carbocycles. The third-order valence-electron chi connectivity index (χ3n) is 5.58. The predicted octanol–water partition coefficient (Wildman–Crippen LogP) is 0.501. The van der Waals surface area contributed by atoms with Gasteiger partial charge in [-0.15, -0.1) is 13.2 Å². The molecular weight excluding hydrogens is 435 g/mol. The van der Waals surface area contributed by atoms with Crippen molar-refractivity contribution in [1.82, 2.24) is 15.5 Å². The van der Waals surface area contributed by atoms with Gasteiger partial charge in [-0.25, -0.2) is 0 Å². The second-order valence-electron chi connectivity index (χ2n) is 8.61. The van der Waals surface area contributed by atoms with Crippen LogP contribution in [0.25, 0.3) is 0 Å². The first-order chi connectivity index (χ1) is 14.9. The molecule has 3 amide bonds. The predicted molar refractivity (Wildman–Crippen MR) is 105 cm³/mol. The summed E-state index contributed by atoms with van der Waals surface area (Å²) in [6.45, 7) is 2.98. The molecule has 2 aliphatic heterocycles. The Balaban J connectivity index is 2.08. The molecule has 9 nitrogen and oxygen atoms in total. The van der Waals surface area contributed by atoms with Gasteiger partial charge in [-0.1, -0.05) is 13.8 Å². The zero-order valence-electron chi connectivity index (χ0n) is 18.1. The summed E-state index contributed by atoms with van der Waals surface area (Å²) in [6, 6.07) is -2.34. The average Bonchev–Trinajstić information content (AvgIpc) is 3.33. The number of carbonyl (C=O) groups excluding carboxylic acids is 4. The fourth-order valence-electron chi connectivity index (χ4n) is 3.99. The number of halogens is 3. The zero-order chi connectivity index (χ0) is 24.1. The number of carbonyl (C=O) groups is 4. The van der Waals surface area contributed by atoms with Crippen molar-refractivity contribution in [2.75, 3.05) is 19.7 Å². The van der Waals surface area contributed by atoms with Crippen molar-refractivity contribution in [2.24, 2.45) is 11.8 Å². The van der Waals surface area contributed by atoms with E-state index in [1.165, 1.54) is 4.90 Å². The lowest BCUT2D eigenvalue weighted by Crippen LogP contribution is -2.53. The van der Waals surface area contributed by atoms with Crippen LogP contribution < -0.4 is 10.6 Å². The minimum absolute atomic E-state index is 0.0528. The third kappa shape index (κ3) is 7.44. The van der Waals surface area contributed by atoms with Gasteiger partial charge in [0.15, 0.2) is 5.78 Å². The van der Waals surface area contributed by atoms with Crippen LogP contribution >= 0.6 is 0 Å². The molecule has 4 atom stereocenters. The molecular formula is C20H30F3N3O6. The van der Waals surface area contributed by atoms with Crippen LogP contribution in [-0.4, -0.2) is 77.8 Å². The first kappa shape index (κ1) is 26.0. The quantitative estimate of drug-likeness (QED) is 0.432. The number of hydrogen-bond acceptors (Lipinski definition) is 6. The van der Waals surface area contributed by atoms with Crippen molar-refractivity contribution >= 4 is 23.5 Å². The molecule has 182 valence electrons. The smallest absolute Gasteiger partial charge is 0.383 e.